The third-order valence-corrected chi connectivity index (χ3v) is 0.579. The van der Waals surface area contributed by atoms with Gasteiger partial charge in [0.15, 0.2) is 0 Å². The van der Waals surface area contributed by atoms with Gasteiger partial charge in [0.05, 0.1) is 0 Å². The maximum absolute atomic E-state index is 5.43. The monoisotopic (exact) mass is 117 g/mol. The predicted octanol–water partition coefficient (Wildman–Crippen LogP) is 1.83. The zero-order valence-corrected chi connectivity index (χ0v) is 5.24. The molecular weight excluding hydrogens is 110 g/mol. The van der Waals surface area contributed by atoms with Crippen molar-refractivity contribution < 1.29 is 0 Å². The first kappa shape index (κ1) is 6.70. The Labute approximate surface area is 48.7 Å². The minimum Gasteiger partial charge on any atom is -0.296 e. The van der Waals surface area contributed by atoms with Gasteiger partial charge in [-0.1, -0.05) is 11.6 Å². The summed E-state index contributed by atoms with van der Waals surface area (Å²) in [6, 6.07) is 0. The fourth-order valence-corrected chi connectivity index (χ4v) is 0.234. The van der Waals surface area contributed by atoms with Crippen LogP contribution in [-0.2, 0) is 0 Å². The van der Waals surface area contributed by atoms with Crippen LogP contribution in [0.2, 0.25) is 0 Å². The van der Waals surface area contributed by atoms with E-state index in [2.05, 4.69) is 4.99 Å². The first-order valence-electron chi connectivity index (χ1n) is 2.02. The molecule has 0 saturated heterocycles. The zero-order chi connectivity index (χ0) is 5.70. The van der Waals surface area contributed by atoms with Crippen molar-refractivity contribution in [1.29, 1.82) is 0 Å². The lowest BCUT2D eigenvalue weighted by atomic mass is 10.6. The Balaban J connectivity index is 3.46. The van der Waals surface area contributed by atoms with Crippen molar-refractivity contribution in [2.45, 2.75) is 6.92 Å². The molecule has 0 aliphatic rings. The van der Waals surface area contributed by atoms with Gasteiger partial charge in [-0.2, -0.15) is 0 Å². The summed E-state index contributed by atoms with van der Waals surface area (Å²) in [7, 11) is 1.70. The highest BCUT2D eigenvalue weighted by Crippen LogP contribution is 1.93. The Morgan fingerprint density at radius 2 is 2.29 bits per heavy atom. The van der Waals surface area contributed by atoms with E-state index in [9.17, 15) is 0 Å². The van der Waals surface area contributed by atoms with Gasteiger partial charge in [0, 0.05) is 18.3 Å². The molecule has 0 aromatic rings. The second-order valence-electron chi connectivity index (χ2n) is 1.16. The average molecular weight is 118 g/mol. The predicted molar refractivity (Wildman–Crippen MR) is 34.0 cm³/mol. The van der Waals surface area contributed by atoms with E-state index < -0.39 is 0 Å². The molecular formula is C5H8ClN. The van der Waals surface area contributed by atoms with Crippen LogP contribution in [0.4, 0.5) is 0 Å². The fraction of sp³-hybridized carbons (Fsp3) is 0.400. The normalized spacial score (nSPS) is 13.3. The first-order chi connectivity index (χ1) is 3.27. The van der Waals surface area contributed by atoms with Gasteiger partial charge in [-0.05, 0) is 13.0 Å². The highest BCUT2D eigenvalue weighted by Gasteiger charge is 1.69. The number of allylic oxidation sites excluding steroid dienone is 2. The van der Waals surface area contributed by atoms with E-state index >= 15 is 0 Å². The van der Waals surface area contributed by atoms with Crippen molar-refractivity contribution in [2.75, 3.05) is 7.05 Å². The van der Waals surface area contributed by atoms with Gasteiger partial charge in [-0.15, -0.1) is 0 Å². The number of nitrogens with zero attached hydrogens (tertiary/aromatic N) is 1. The second kappa shape index (κ2) is 3.88. The average Bonchev–Trinajstić information content (AvgIpc) is 1.61. The second-order valence-corrected chi connectivity index (χ2v) is 1.76. The van der Waals surface area contributed by atoms with Crippen molar-refractivity contribution in [3.05, 3.63) is 11.1 Å². The van der Waals surface area contributed by atoms with Crippen molar-refractivity contribution in [1.82, 2.24) is 0 Å². The molecule has 0 unspecified atom stereocenters. The molecule has 0 atom stereocenters. The molecule has 0 amide bonds. The summed E-state index contributed by atoms with van der Waals surface area (Å²) in [6.07, 6.45) is 3.39. The molecule has 0 aromatic heterocycles. The van der Waals surface area contributed by atoms with Crippen molar-refractivity contribution in [3.63, 3.8) is 0 Å². The van der Waals surface area contributed by atoms with Gasteiger partial charge in [-0.25, -0.2) is 0 Å². The lowest BCUT2D eigenvalue weighted by Gasteiger charge is -1.74. The molecule has 0 bridgehead atoms. The Hall–Kier alpha value is -0.300. The highest BCUT2D eigenvalue weighted by atomic mass is 35.5. The zero-order valence-electron chi connectivity index (χ0n) is 4.48. The molecule has 2 heteroatoms. The molecule has 0 aliphatic carbocycles. The smallest absolute Gasteiger partial charge is 0.0277 e. The number of hydrogen-bond donors (Lipinski definition) is 0. The lowest BCUT2D eigenvalue weighted by Crippen LogP contribution is -1.62. The van der Waals surface area contributed by atoms with Crippen LogP contribution in [0, 0.1) is 0 Å². The molecule has 0 saturated carbocycles. The summed E-state index contributed by atoms with van der Waals surface area (Å²) in [5.74, 6) is 0. The van der Waals surface area contributed by atoms with Crippen LogP contribution in [0.5, 0.6) is 0 Å². The molecule has 0 spiro atoms. The third-order valence-electron chi connectivity index (χ3n) is 0.453. The topological polar surface area (TPSA) is 12.4 Å². The lowest BCUT2D eigenvalue weighted by molar-refractivity contribution is 1.47. The van der Waals surface area contributed by atoms with Crippen molar-refractivity contribution in [2.24, 2.45) is 4.99 Å². The van der Waals surface area contributed by atoms with Crippen molar-refractivity contribution in [3.8, 4) is 0 Å². The summed E-state index contributed by atoms with van der Waals surface area (Å²) in [6.45, 7) is 1.81. The van der Waals surface area contributed by atoms with E-state index in [1.807, 2.05) is 6.92 Å². The van der Waals surface area contributed by atoms with Crippen molar-refractivity contribution >= 4 is 17.8 Å². The molecule has 0 rings (SSSR count). The molecule has 7 heavy (non-hydrogen) atoms. The Morgan fingerprint density at radius 1 is 1.71 bits per heavy atom. The molecule has 0 aliphatic heterocycles. The van der Waals surface area contributed by atoms with E-state index in [4.69, 9.17) is 11.6 Å². The Morgan fingerprint density at radius 3 is 2.43 bits per heavy atom. The summed E-state index contributed by atoms with van der Waals surface area (Å²) >= 11 is 5.43. The van der Waals surface area contributed by atoms with Gasteiger partial charge in [0.1, 0.15) is 0 Å². The van der Waals surface area contributed by atoms with Crippen LogP contribution in [0.25, 0.3) is 0 Å². The molecule has 0 radical (unpaired) electrons. The van der Waals surface area contributed by atoms with Crippen LogP contribution in [-0.4, -0.2) is 13.3 Å². The van der Waals surface area contributed by atoms with Gasteiger partial charge < -0.3 is 0 Å². The van der Waals surface area contributed by atoms with Crippen LogP contribution in [0.3, 0.4) is 0 Å². The van der Waals surface area contributed by atoms with Gasteiger partial charge >= 0.3 is 0 Å². The van der Waals surface area contributed by atoms with E-state index in [1.165, 1.54) is 0 Å². The van der Waals surface area contributed by atoms with Crippen LogP contribution < -0.4 is 0 Å². The quantitative estimate of drug-likeness (QED) is 0.465. The number of hydrogen-bond acceptors (Lipinski definition) is 1. The molecule has 0 heterocycles. The maximum Gasteiger partial charge on any atom is 0.0277 e. The van der Waals surface area contributed by atoms with Crippen LogP contribution in [0.1, 0.15) is 6.92 Å². The molecule has 0 aromatic carbocycles. The Bertz CT molecular complexity index is 90.3. The number of rotatable bonds is 1. The summed E-state index contributed by atoms with van der Waals surface area (Å²) < 4.78 is 0. The van der Waals surface area contributed by atoms with Crippen LogP contribution in [0.15, 0.2) is 16.1 Å². The standard InChI is InChI=1S/C5H8ClN/c1-5(6)3-4-7-2/h3-4H,1-2H3/b5-3+,7-4?. The van der Waals surface area contributed by atoms with E-state index in [0.717, 1.165) is 5.03 Å². The maximum atomic E-state index is 5.43. The van der Waals surface area contributed by atoms with Gasteiger partial charge in [0.25, 0.3) is 0 Å². The van der Waals surface area contributed by atoms with E-state index in [1.54, 1.807) is 19.3 Å². The molecule has 0 N–H and O–H groups in total. The van der Waals surface area contributed by atoms with Gasteiger partial charge in [0.2, 0.25) is 0 Å². The number of aliphatic imine (C=N–C) groups is 1. The summed E-state index contributed by atoms with van der Waals surface area (Å²) in [5, 5.41) is 0.755. The van der Waals surface area contributed by atoms with E-state index in [0.29, 0.717) is 0 Å². The largest absolute Gasteiger partial charge is 0.296 e. The minimum atomic E-state index is 0.755. The fourth-order valence-electron chi connectivity index (χ4n) is 0.177. The molecule has 0 fully saturated rings. The summed E-state index contributed by atoms with van der Waals surface area (Å²) in [4.78, 5) is 3.69. The van der Waals surface area contributed by atoms with E-state index in [-0.39, 0.29) is 0 Å². The number of halogens is 1. The third kappa shape index (κ3) is 5.70. The van der Waals surface area contributed by atoms with Gasteiger partial charge in [-0.3, -0.25) is 4.99 Å². The minimum absolute atomic E-state index is 0.755. The Kier molecular flexibility index (Phi) is 3.71. The van der Waals surface area contributed by atoms with Crippen LogP contribution >= 0.6 is 11.6 Å². The highest BCUT2D eigenvalue weighted by molar-refractivity contribution is 6.30. The molecule has 1 nitrogen and oxygen atoms in total. The summed E-state index contributed by atoms with van der Waals surface area (Å²) in [5.41, 5.74) is 0. The molecule has 40 valence electrons. The SMILES string of the molecule is CN=C/C=C(\C)Cl. The first-order valence-corrected chi connectivity index (χ1v) is 2.39.